The Labute approximate surface area is 194 Å². The zero-order chi connectivity index (χ0) is 23.5. The van der Waals surface area contributed by atoms with E-state index in [-0.39, 0.29) is 11.1 Å². The van der Waals surface area contributed by atoms with Crippen LogP contribution in [0.1, 0.15) is 74.8 Å². The molecule has 33 heavy (non-hydrogen) atoms. The van der Waals surface area contributed by atoms with E-state index in [4.69, 9.17) is 5.10 Å². The van der Waals surface area contributed by atoms with Crippen LogP contribution >= 0.6 is 0 Å². The fourth-order valence-corrected chi connectivity index (χ4v) is 7.81. The topological polar surface area (TPSA) is 84.3 Å². The van der Waals surface area contributed by atoms with E-state index in [1.54, 1.807) is 0 Å². The van der Waals surface area contributed by atoms with Crippen LogP contribution in [0.4, 0.5) is 4.39 Å². The number of rotatable bonds is 5. The van der Waals surface area contributed by atoms with Gasteiger partial charge in [0, 0.05) is 24.5 Å². The molecule has 1 N–H and O–H groups in total. The quantitative estimate of drug-likeness (QED) is 0.704. The number of fused-ring (bicyclic) bond motifs is 3. The first-order valence-corrected chi connectivity index (χ1v) is 13.6. The van der Waals surface area contributed by atoms with Crippen LogP contribution < -0.4 is 4.72 Å². The number of carbonyl (C=O) groups is 1. The van der Waals surface area contributed by atoms with Gasteiger partial charge >= 0.3 is 10.2 Å². The summed E-state index contributed by atoms with van der Waals surface area (Å²) in [6.45, 7) is 7.16. The minimum atomic E-state index is -3.94. The van der Waals surface area contributed by atoms with E-state index in [2.05, 4.69) is 13.8 Å². The Kier molecular flexibility index (Phi) is 5.55. The third-order valence-corrected chi connectivity index (χ3v) is 9.56. The van der Waals surface area contributed by atoms with Gasteiger partial charge in [0.25, 0.3) is 5.91 Å². The Balaban J connectivity index is 1.54. The molecule has 180 valence electrons. The largest absolute Gasteiger partial charge is 0.304 e. The number of nitrogens with one attached hydrogen (secondary N) is 1. The Morgan fingerprint density at radius 3 is 2.67 bits per heavy atom. The lowest BCUT2D eigenvalue weighted by molar-refractivity contribution is 0.0158. The van der Waals surface area contributed by atoms with Gasteiger partial charge in [-0.15, -0.1) is 0 Å². The maximum Gasteiger partial charge on any atom is 0.304 e. The summed E-state index contributed by atoms with van der Waals surface area (Å²) >= 11 is 0. The molecule has 7 nitrogen and oxygen atoms in total. The van der Waals surface area contributed by atoms with Gasteiger partial charge in [-0.1, -0.05) is 20.3 Å². The van der Waals surface area contributed by atoms with E-state index in [9.17, 15) is 13.2 Å². The number of hydrogen-bond acceptors (Lipinski definition) is 4. The monoisotopic (exact) mass is 476 g/mol. The molecule has 0 radical (unpaired) electrons. The van der Waals surface area contributed by atoms with Crippen LogP contribution in [0.2, 0.25) is 0 Å². The van der Waals surface area contributed by atoms with Crippen LogP contribution in [-0.4, -0.2) is 41.5 Å². The SMILES string of the molecule is CCC1CC2CC(C)CC(n3nc(C)c4cc(C(=O)NS(=O)(=O)N5CCC5)c(F)cc43)(C1)C2. The standard InChI is InChI=1S/C24H33FN4O3S/c1-4-17-9-18-8-15(2)12-24(13-17,14-18)29-22-11-21(25)20(10-19(22)16(3)26-29)23(30)27-33(31,32)28-6-5-7-28/h10-11,15,17-18H,4-9,12-14H2,1-3H3,(H,27,30). The molecule has 5 rings (SSSR count). The summed E-state index contributed by atoms with van der Waals surface area (Å²) in [6, 6.07) is 2.84. The molecule has 4 unspecified atom stereocenters. The number of hydrogen-bond donors (Lipinski definition) is 1. The third-order valence-electron chi connectivity index (χ3n) is 8.07. The summed E-state index contributed by atoms with van der Waals surface area (Å²) in [7, 11) is -3.94. The average molecular weight is 477 g/mol. The zero-order valence-electron chi connectivity index (χ0n) is 19.6. The summed E-state index contributed by atoms with van der Waals surface area (Å²) in [5.74, 6) is 0.218. The molecule has 0 spiro atoms. The number of aromatic nitrogens is 2. The normalized spacial score (nSPS) is 30.2. The van der Waals surface area contributed by atoms with Crippen molar-refractivity contribution in [1.29, 1.82) is 0 Å². The van der Waals surface area contributed by atoms with Crippen molar-refractivity contribution in [3.63, 3.8) is 0 Å². The predicted octanol–water partition coefficient (Wildman–Crippen LogP) is 4.12. The fraction of sp³-hybridized carbons (Fsp3) is 0.667. The maximum atomic E-state index is 15.2. The lowest BCUT2D eigenvalue weighted by Gasteiger charge is -2.50. The van der Waals surface area contributed by atoms with Gasteiger partial charge in [-0.05, 0) is 69.3 Å². The number of benzene rings is 1. The number of amides is 1. The molecule has 2 aliphatic carbocycles. The molecule has 1 amide bonds. The molecule has 1 aliphatic heterocycles. The molecule has 1 saturated heterocycles. The van der Waals surface area contributed by atoms with Crippen molar-refractivity contribution in [2.24, 2.45) is 17.8 Å². The minimum absolute atomic E-state index is 0.134. The molecule has 4 atom stereocenters. The average Bonchev–Trinajstić information content (AvgIpc) is 3.00. The van der Waals surface area contributed by atoms with E-state index in [1.165, 1.54) is 29.3 Å². The van der Waals surface area contributed by atoms with Crippen LogP contribution in [0.25, 0.3) is 10.9 Å². The van der Waals surface area contributed by atoms with E-state index >= 15 is 4.39 Å². The fourth-order valence-electron chi connectivity index (χ4n) is 6.60. The van der Waals surface area contributed by atoms with Crippen molar-refractivity contribution in [3.8, 4) is 0 Å². The van der Waals surface area contributed by atoms with Crippen molar-refractivity contribution in [2.75, 3.05) is 13.1 Å². The van der Waals surface area contributed by atoms with Crippen molar-refractivity contribution in [3.05, 3.63) is 29.2 Å². The highest BCUT2D eigenvalue weighted by Crippen LogP contribution is 2.53. The van der Waals surface area contributed by atoms with Crippen LogP contribution in [0, 0.1) is 30.5 Å². The van der Waals surface area contributed by atoms with Gasteiger partial charge in [-0.2, -0.15) is 17.8 Å². The van der Waals surface area contributed by atoms with E-state index in [0.29, 0.717) is 41.7 Å². The summed E-state index contributed by atoms with van der Waals surface area (Å²) in [5.41, 5.74) is 1.02. The van der Waals surface area contributed by atoms with Crippen LogP contribution in [-0.2, 0) is 15.7 Å². The van der Waals surface area contributed by atoms with Gasteiger partial charge in [0.05, 0.1) is 22.3 Å². The molecule has 3 fully saturated rings. The van der Waals surface area contributed by atoms with Crippen molar-refractivity contribution < 1.29 is 17.6 Å². The lowest BCUT2D eigenvalue weighted by atomic mass is 9.60. The molecule has 2 bridgehead atoms. The summed E-state index contributed by atoms with van der Waals surface area (Å²) in [6.07, 6.45) is 7.50. The maximum absolute atomic E-state index is 15.2. The van der Waals surface area contributed by atoms with E-state index < -0.39 is 21.9 Å². The van der Waals surface area contributed by atoms with Crippen molar-refractivity contribution in [1.82, 2.24) is 18.8 Å². The van der Waals surface area contributed by atoms with Gasteiger partial charge in [-0.3, -0.25) is 9.48 Å². The molecule has 2 saturated carbocycles. The highest BCUT2D eigenvalue weighted by molar-refractivity contribution is 7.87. The predicted molar refractivity (Wildman–Crippen MR) is 124 cm³/mol. The van der Waals surface area contributed by atoms with E-state index in [1.807, 2.05) is 16.3 Å². The Hall–Kier alpha value is -2.00. The highest BCUT2D eigenvalue weighted by atomic mass is 32.2. The molecular formula is C24H33FN4O3S. The van der Waals surface area contributed by atoms with Crippen molar-refractivity contribution >= 4 is 27.0 Å². The minimum Gasteiger partial charge on any atom is -0.268 e. The van der Waals surface area contributed by atoms with Crippen LogP contribution in [0.3, 0.4) is 0 Å². The molecule has 9 heteroatoms. The zero-order valence-corrected chi connectivity index (χ0v) is 20.4. The number of aryl methyl sites for hydroxylation is 1. The van der Waals surface area contributed by atoms with Gasteiger partial charge in [0.1, 0.15) is 5.82 Å². The Bertz CT molecular complexity index is 1200. The molecule has 1 aromatic carbocycles. The first kappa shape index (κ1) is 22.8. The first-order valence-electron chi connectivity index (χ1n) is 12.1. The molecule has 2 aromatic rings. The second kappa shape index (κ2) is 8.05. The second-order valence-electron chi connectivity index (χ2n) is 10.6. The summed E-state index contributed by atoms with van der Waals surface area (Å²) in [5, 5.41) is 5.59. The van der Waals surface area contributed by atoms with Crippen LogP contribution in [0.15, 0.2) is 12.1 Å². The number of carbonyl (C=O) groups excluding carboxylic acids is 1. The molecule has 3 aliphatic rings. The third kappa shape index (κ3) is 3.87. The summed E-state index contributed by atoms with van der Waals surface area (Å²) in [4.78, 5) is 12.7. The van der Waals surface area contributed by atoms with E-state index in [0.717, 1.165) is 37.8 Å². The Morgan fingerprint density at radius 1 is 1.24 bits per heavy atom. The Morgan fingerprint density at radius 2 is 2.00 bits per heavy atom. The number of nitrogens with zero attached hydrogens (tertiary/aromatic N) is 3. The van der Waals surface area contributed by atoms with Crippen LogP contribution in [0.5, 0.6) is 0 Å². The second-order valence-corrected chi connectivity index (χ2v) is 12.3. The van der Waals surface area contributed by atoms with Crippen molar-refractivity contribution in [2.45, 2.75) is 71.3 Å². The van der Waals surface area contributed by atoms with Gasteiger partial charge in [-0.25, -0.2) is 9.11 Å². The van der Waals surface area contributed by atoms with Gasteiger partial charge < -0.3 is 0 Å². The molecule has 2 heterocycles. The molecular weight excluding hydrogens is 443 g/mol. The number of halogens is 1. The lowest BCUT2D eigenvalue weighted by Crippen LogP contribution is -2.49. The highest BCUT2D eigenvalue weighted by Gasteiger charge is 2.47. The van der Waals surface area contributed by atoms with Gasteiger partial charge in [0.2, 0.25) is 0 Å². The first-order chi connectivity index (χ1) is 15.6. The molecule has 1 aromatic heterocycles. The smallest absolute Gasteiger partial charge is 0.268 e. The van der Waals surface area contributed by atoms with Gasteiger partial charge in [0.15, 0.2) is 0 Å². The summed E-state index contributed by atoms with van der Waals surface area (Å²) < 4.78 is 45.1.